The van der Waals surface area contributed by atoms with Crippen molar-refractivity contribution < 1.29 is 14.3 Å². The van der Waals surface area contributed by atoms with Gasteiger partial charge in [-0.3, -0.25) is 4.79 Å². The number of hydrogen-bond acceptors (Lipinski definition) is 4. The summed E-state index contributed by atoms with van der Waals surface area (Å²) in [6, 6.07) is 3.31. The summed E-state index contributed by atoms with van der Waals surface area (Å²) in [4.78, 5) is 16.8. The predicted octanol–water partition coefficient (Wildman–Crippen LogP) is 2.77. The maximum absolute atomic E-state index is 12.7. The highest BCUT2D eigenvalue weighted by molar-refractivity contribution is 6.32. The second kappa shape index (κ2) is 7.88. The number of likely N-dealkylation sites (tertiary alicyclic amines) is 1. The van der Waals surface area contributed by atoms with Crippen LogP contribution in [0.25, 0.3) is 0 Å². The molecule has 1 atom stereocenters. The summed E-state index contributed by atoms with van der Waals surface area (Å²) in [6.07, 6.45) is 2.35. The lowest BCUT2D eigenvalue weighted by molar-refractivity contribution is 0.0740. The summed E-state index contributed by atoms with van der Waals surface area (Å²) < 4.78 is 10.5. The highest BCUT2D eigenvalue weighted by atomic mass is 35.5. The van der Waals surface area contributed by atoms with E-state index in [0.717, 1.165) is 26.1 Å². The minimum Gasteiger partial charge on any atom is -0.493 e. The van der Waals surface area contributed by atoms with Crippen molar-refractivity contribution in [2.45, 2.75) is 12.8 Å². The van der Waals surface area contributed by atoms with Crippen LogP contribution in [-0.4, -0.2) is 63.7 Å². The van der Waals surface area contributed by atoms with Gasteiger partial charge in [0.25, 0.3) is 5.91 Å². The van der Waals surface area contributed by atoms with Crippen LogP contribution in [0, 0.1) is 5.92 Å². The van der Waals surface area contributed by atoms with Crippen LogP contribution >= 0.6 is 11.6 Å². The van der Waals surface area contributed by atoms with E-state index >= 15 is 0 Å². The maximum Gasteiger partial charge on any atom is 0.253 e. The Labute approximate surface area is 143 Å². The lowest BCUT2D eigenvalue weighted by atomic mass is 9.98. The van der Waals surface area contributed by atoms with Gasteiger partial charge >= 0.3 is 0 Å². The van der Waals surface area contributed by atoms with Gasteiger partial charge in [-0.15, -0.1) is 0 Å². The van der Waals surface area contributed by atoms with Crippen molar-refractivity contribution in [3.05, 3.63) is 22.7 Å². The molecule has 0 bridgehead atoms. The first-order chi connectivity index (χ1) is 11.0. The number of rotatable bonds is 5. The van der Waals surface area contributed by atoms with Crippen LogP contribution in [0.2, 0.25) is 5.02 Å². The van der Waals surface area contributed by atoms with E-state index in [2.05, 4.69) is 11.9 Å². The molecule has 1 saturated heterocycles. The van der Waals surface area contributed by atoms with Crippen LogP contribution in [0.3, 0.4) is 0 Å². The van der Waals surface area contributed by atoms with E-state index in [9.17, 15) is 4.79 Å². The number of nitrogens with zero attached hydrogens (tertiary/aromatic N) is 2. The number of halogens is 1. The molecule has 0 saturated carbocycles. The first-order valence-electron chi connectivity index (χ1n) is 7.81. The Kier molecular flexibility index (Phi) is 6.13. The Bertz CT molecular complexity index is 565. The smallest absolute Gasteiger partial charge is 0.253 e. The molecule has 1 aromatic rings. The molecule has 6 heteroatoms. The molecule has 2 rings (SSSR count). The third kappa shape index (κ3) is 4.30. The molecule has 0 N–H and O–H groups in total. The average Bonchev–Trinajstić information content (AvgIpc) is 2.53. The second-order valence-electron chi connectivity index (χ2n) is 6.15. The molecule has 0 aliphatic carbocycles. The van der Waals surface area contributed by atoms with E-state index in [4.69, 9.17) is 21.1 Å². The number of carbonyl (C=O) groups excluding carboxylic acids is 1. The van der Waals surface area contributed by atoms with Crippen LogP contribution in [-0.2, 0) is 0 Å². The summed E-state index contributed by atoms with van der Waals surface area (Å²) >= 11 is 6.19. The third-order valence-electron chi connectivity index (χ3n) is 4.28. The largest absolute Gasteiger partial charge is 0.493 e. The van der Waals surface area contributed by atoms with Gasteiger partial charge in [0, 0.05) is 25.7 Å². The van der Waals surface area contributed by atoms with Gasteiger partial charge in [-0.05, 0) is 44.5 Å². The van der Waals surface area contributed by atoms with Crippen molar-refractivity contribution >= 4 is 17.5 Å². The Hall–Kier alpha value is -1.46. The summed E-state index contributed by atoms with van der Waals surface area (Å²) in [7, 11) is 7.02. The van der Waals surface area contributed by atoms with Crippen molar-refractivity contribution in [3.8, 4) is 11.5 Å². The number of hydrogen-bond donors (Lipinski definition) is 0. The number of piperidine rings is 1. The van der Waals surface area contributed by atoms with Gasteiger partial charge in [-0.25, -0.2) is 0 Å². The summed E-state index contributed by atoms with van der Waals surface area (Å²) in [6.45, 7) is 2.92. The zero-order chi connectivity index (χ0) is 17.0. The lowest BCUT2D eigenvalue weighted by Gasteiger charge is -2.32. The van der Waals surface area contributed by atoms with Gasteiger partial charge in [0.05, 0.1) is 19.2 Å². The molecular weight excluding hydrogens is 316 g/mol. The normalized spacial score (nSPS) is 18.6. The van der Waals surface area contributed by atoms with Gasteiger partial charge in [0.1, 0.15) is 0 Å². The molecule has 0 radical (unpaired) electrons. The van der Waals surface area contributed by atoms with Gasteiger partial charge in [-0.2, -0.15) is 0 Å². The Morgan fingerprint density at radius 1 is 1.39 bits per heavy atom. The number of methoxy groups -OCH3 is 2. The van der Waals surface area contributed by atoms with Crippen LogP contribution in [0.5, 0.6) is 11.5 Å². The lowest BCUT2D eigenvalue weighted by Crippen LogP contribution is -2.40. The number of benzene rings is 1. The highest BCUT2D eigenvalue weighted by Gasteiger charge is 2.23. The molecule has 1 unspecified atom stereocenters. The van der Waals surface area contributed by atoms with Gasteiger partial charge in [-0.1, -0.05) is 11.6 Å². The fraction of sp³-hybridized carbons (Fsp3) is 0.588. The zero-order valence-corrected chi connectivity index (χ0v) is 15.0. The van der Waals surface area contributed by atoms with Crippen molar-refractivity contribution in [1.82, 2.24) is 9.80 Å². The van der Waals surface area contributed by atoms with Crippen LogP contribution < -0.4 is 9.47 Å². The molecular formula is C17H25ClN2O3. The molecule has 0 spiro atoms. The third-order valence-corrected chi connectivity index (χ3v) is 4.56. The molecule has 1 aromatic carbocycles. The van der Waals surface area contributed by atoms with Crippen LogP contribution in [0.15, 0.2) is 12.1 Å². The van der Waals surface area contributed by atoms with Crippen LogP contribution in [0.4, 0.5) is 0 Å². The monoisotopic (exact) mass is 340 g/mol. The first kappa shape index (κ1) is 17.9. The summed E-state index contributed by atoms with van der Waals surface area (Å²) in [5.74, 6) is 1.37. The van der Waals surface area contributed by atoms with E-state index in [1.54, 1.807) is 17.0 Å². The van der Waals surface area contributed by atoms with E-state index < -0.39 is 0 Å². The number of amides is 1. The molecule has 1 amide bonds. The fourth-order valence-electron chi connectivity index (χ4n) is 3.15. The van der Waals surface area contributed by atoms with Crippen molar-refractivity contribution in [3.63, 3.8) is 0 Å². The fourth-order valence-corrected chi connectivity index (χ4v) is 3.44. The second-order valence-corrected chi connectivity index (χ2v) is 6.56. The summed E-state index contributed by atoms with van der Waals surface area (Å²) in [5, 5.41) is 0.376. The molecule has 1 heterocycles. The molecule has 5 nitrogen and oxygen atoms in total. The SMILES string of the molecule is COc1cc(C(=O)N(C)CC2CCCN(C)C2)cc(Cl)c1OC. The topological polar surface area (TPSA) is 42.0 Å². The molecule has 1 aliphatic heterocycles. The van der Waals surface area contributed by atoms with E-state index in [1.165, 1.54) is 20.6 Å². The van der Waals surface area contributed by atoms with Gasteiger partial charge in [0.2, 0.25) is 0 Å². The minimum absolute atomic E-state index is 0.0546. The minimum atomic E-state index is -0.0546. The number of ether oxygens (including phenoxy) is 2. The van der Waals surface area contributed by atoms with E-state index in [-0.39, 0.29) is 5.91 Å². The summed E-state index contributed by atoms with van der Waals surface area (Å²) in [5.41, 5.74) is 0.513. The zero-order valence-electron chi connectivity index (χ0n) is 14.3. The van der Waals surface area contributed by atoms with E-state index in [1.807, 2.05) is 7.05 Å². The Morgan fingerprint density at radius 3 is 2.74 bits per heavy atom. The standard InChI is InChI=1S/C17H25ClN2O3/c1-19-7-5-6-12(10-19)11-20(2)17(21)13-8-14(18)16(23-4)15(9-13)22-3/h8-9,12H,5-7,10-11H2,1-4H3. The van der Waals surface area contributed by atoms with Crippen molar-refractivity contribution in [2.75, 3.05) is 47.9 Å². The Balaban J connectivity index is 2.11. The van der Waals surface area contributed by atoms with Gasteiger partial charge in [0.15, 0.2) is 11.5 Å². The molecule has 1 aliphatic rings. The number of carbonyl (C=O) groups is 1. The van der Waals surface area contributed by atoms with Crippen LogP contribution in [0.1, 0.15) is 23.2 Å². The maximum atomic E-state index is 12.7. The predicted molar refractivity (Wildman–Crippen MR) is 91.7 cm³/mol. The molecule has 0 aromatic heterocycles. The highest BCUT2D eigenvalue weighted by Crippen LogP contribution is 2.36. The average molecular weight is 341 g/mol. The van der Waals surface area contributed by atoms with Gasteiger partial charge < -0.3 is 19.3 Å². The quantitative estimate of drug-likeness (QED) is 0.826. The molecule has 1 fully saturated rings. The van der Waals surface area contributed by atoms with Crippen molar-refractivity contribution in [2.24, 2.45) is 5.92 Å². The van der Waals surface area contributed by atoms with E-state index in [0.29, 0.717) is 28.0 Å². The Morgan fingerprint density at radius 2 is 2.13 bits per heavy atom. The first-order valence-corrected chi connectivity index (χ1v) is 8.19. The van der Waals surface area contributed by atoms with Crippen molar-refractivity contribution in [1.29, 1.82) is 0 Å². The molecule has 23 heavy (non-hydrogen) atoms. The molecule has 128 valence electrons.